The highest BCUT2D eigenvalue weighted by Crippen LogP contribution is 2.19. The van der Waals surface area contributed by atoms with Gasteiger partial charge in [-0.1, -0.05) is 12.1 Å². The highest BCUT2D eigenvalue weighted by molar-refractivity contribution is 5.96. The molecule has 0 unspecified atom stereocenters. The Morgan fingerprint density at radius 1 is 1.42 bits per heavy atom. The number of methoxy groups -OCH3 is 1. The molecule has 0 aliphatic rings. The van der Waals surface area contributed by atoms with Crippen LogP contribution in [0.1, 0.15) is 22.0 Å². The van der Waals surface area contributed by atoms with Crippen LogP contribution in [-0.2, 0) is 6.54 Å². The first-order chi connectivity index (χ1) is 9.11. The molecule has 0 saturated carbocycles. The van der Waals surface area contributed by atoms with Crippen LogP contribution < -0.4 is 4.74 Å². The number of aromatic amines is 1. The van der Waals surface area contributed by atoms with Crippen molar-refractivity contribution in [1.82, 2.24) is 20.1 Å². The van der Waals surface area contributed by atoms with E-state index >= 15 is 0 Å². The molecule has 1 heterocycles. The quantitative estimate of drug-likeness (QED) is 0.901. The number of aryl methyl sites for hydroxylation is 1. The molecule has 6 heteroatoms. The minimum atomic E-state index is -0.125. The lowest BCUT2D eigenvalue weighted by molar-refractivity contribution is 0.0778. The fourth-order valence-electron chi connectivity index (χ4n) is 1.77. The number of carbonyl (C=O) groups is 1. The van der Waals surface area contributed by atoms with Crippen LogP contribution in [0.4, 0.5) is 0 Å². The monoisotopic (exact) mass is 260 g/mol. The number of nitrogens with one attached hydrogen (secondary N) is 1. The minimum Gasteiger partial charge on any atom is -0.496 e. The zero-order chi connectivity index (χ0) is 13.8. The summed E-state index contributed by atoms with van der Waals surface area (Å²) in [7, 11) is 3.26. The number of H-pyrrole nitrogens is 1. The number of hydrogen-bond donors (Lipinski definition) is 1. The lowest BCUT2D eigenvalue weighted by atomic mass is 10.2. The average molecular weight is 260 g/mol. The van der Waals surface area contributed by atoms with Gasteiger partial charge in [0.1, 0.15) is 11.6 Å². The molecule has 0 saturated heterocycles. The Morgan fingerprint density at radius 3 is 2.79 bits per heavy atom. The summed E-state index contributed by atoms with van der Waals surface area (Å²) in [6.45, 7) is 2.17. The Balaban J connectivity index is 2.14. The summed E-state index contributed by atoms with van der Waals surface area (Å²) in [6, 6.07) is 7.13. The van der Waals surface area contributed by atoms with E-state index in [0.717, 1.165) is 5.82 Å². The highest BCUT2D eigenvalue weighted by Gasteiger charge is 2.17. The molecule has 1 aromatic carbocycles. The molecule has 0 radical (unpaired) electrons. The van der Waals surface area contributed by atoms with Crippen LogP contribution in [0.25, 0.3) is 0 Å². The molecule has 0 aliphatic carbocycles. The van der Waals surface area contributed by atoms with Gasteiger partial charge in [-0.3, -0.25) is 9.89 Å². The molecule has 1 amide bonds. The van der Waals surface area contributed by atoms with E-state index in [1.54, 1.807) is 37.3 Å². The lowest BCUT2D eigenvalue weighted by Crippen LogP contribution is -2.27. The molecule has 6 nitrogen and oxygen atoms in total. The summed E-state index contributed by atoms with van der Waals surface area (Å²) in [4.78, 5) is 18.0. The van der Waals surface area contributed by atoms with Crippen LogP contribution >= 0.6 is 0 Å². The third kappa shape index (κ3) is 2.90. The molecule has 100 valence electrons. The van der Waals surface area contributed by atoms with Crippen molar-refractivity contribution in [2.75, 3.05) is 14.2 Å². The van der Waals surface area contributed by atoms with Gasteiger partial charge in [-0.2, -0.15) is 5.10 Å². The second-order valence-corrected chi connectivity index (χ2v) is 4.20. The predicted octanol–water partition coefficient (Wildman–Crippen LogP) is 1.39. The highest BCUT2D eigenvalue weighted by atomic mass is 16.5. The van der Waals surface area contributed by atoms with Gasteiger partial charge in [0.05, 0.1) is 19.2 Å². The first kappa shape index (κ1) is 13.1. The topological polar surface area (TPSA) is 71.1 Å². The van der Waals surface area contributed by atoms with Crippen LogP contribution in [0.2, 0.25) is 0 Å². The van der Waals surface area contributed by atoms with Gasteiger partial charge in [-0.05, 0) is 19.1 Å². The number of nitrogens with zero attached hydrogens (tertiary/aromatic N) is 3. The Bertz CT molecular complexity index is 580. The van der Waals surface area contributed by atoms with Gasteiger partial charge in [-0.25, -0.2) is 4.98 Å². The largest absolute Gasteiger partial charge is 0.496 e. The number of ether oxygens (including phenoxy) is 1. The molecule has 0 fully saturated rings. The smallest absolute Gasteiger partial charge is 0.257 e. The number of amides is 1. The summed E-state index contributed by atoms with van der Waals surface area (Å²) in [5, 5.41) is 6.76. The SMILES string of the molecule is COc1ccccc1C(=O)N(C)Cc1n[nH]c(C)n1. The van der Waals surface area contributed by atoms with Gasteiger partial charge in [0.25, 0.3) is 5.91 Å². The third-order valence-electron chi connectivity index (χ3n) is 2.71. The van der Waals surface area contributed by atoms with Crippen molar-refractivity contribution < 1.29 is 9.53 Å². The maximum atomic E-state index is 12.3. The molecular weight excluding hydrogens is 244 g/mol. The zero-order valence-corrected chi connectivity index (χ0v) is 11.2. The molecule has 2 aromatic rings. The summed E-state index contributed by atoms with van der Waals surface area (Å²) < 4.78 is 5.19. The first-order valence-corrected chi connectivity index (χ1v) is 5.88. The predicted molar refractivity (Wildman–Crippen MR) is 69.9 cm³/mol. The fourth-order valence-corrected chi connectivity index (χ4v) is 1.77. The van der Waals surface area contributed by atoms with Crippen molar-refractivity contribution in [3.8, 4) is 5.75 Å². The molecule has 1 aromatic heterocycles. The summed E-state index contributed by atoms with van der Waals surface area (Å²) in [5.41, 5.74) is 0.528. The maximum Gasteiger partial charge on any atom is 0.257 e. The Kier molecular flexibility index (Phi) is 3.79. The van der Waals surface area contributed by atoms with E-state index < -0.39 is 0 Å². The van der Waals surface area contributed by atoms with Gasteiger partial charge in [-0.15, -0.1) is 0 Å². The summed E-state index contributed by atoms with van der Waals surface area (Å²) in [6.07, 6.45) is 0. The van der Waals surface area contributed by atoms with Crippen molar-refractivity contribution in [2.45, 2.75) is 13.5 Å². The van der Waals surface area contributed by atoms with Gasteiger partial charge in [0.2, 0.25) is 0 Å². The van der Waals surface area contributed by atoms with Crippen LogP contribution in [0.3, 0.4) is 0 Å². The van der Waals surface area contributed by atoms with Crippen molar-refractivity contribution in [3.05, 3.63) is 41.5 Å². The van der Waals surface area contributed by atoms with Crippen molar-refractivity contribution in [3.63, 3.8) is 0 Å². The third-order valence-corrected chi connectivity index (χ3v) is 2.71. The Hall–Kier alpha value is -2.37. The van der Waals surface area contributed by atoms with Crippen LogP contribution in [-0.4, -0.2) is 40.1 Å². The van der Waals surface area contributed by atoms with Crippen LogP contribution in [0.5, 0.6) is 5.75 Å². The van der Waals surface area contributed by atoms with Crippen LogP contribution in [0, 0.1) is 6.92 Å². The number of rotatable bonds is 4. The Labute approximate surface area is 111 Å². The van der Waals surface area contributed by atoms with E-state index in [1.807, 2.05) is 13.0 Å². The van der Waals surface area contributed by atoms with Crippen molar-refractivity contribution >= 4 is 5.91 Å². The average Bonchev–Trinajstić information content (AvgIpc) is 2.83. The molecule has 0 aliphatic heterocycles. The number of carbonyl (C=O) groups excluding carboxylic acids is 1. The van der Waals surface area contributed by atoms with Gasteiger partial charge in [0.15, 0.2) is 5.82 Å². The first-order valence-electron chi connectivity index (χ1n) is 5.88. The standard InChI is InChI=1S/C13H16N4O2/c1-9-14-12(16-15-9)8-17(2)13(18)10-6-4-5-7-11(10)19-3/h4-7H,8H2,1-3H3,(H,14,15,16). The van der Waals surface area contributed by atoms with E-state index in [-0.39, 0.29) is 5.91 Å². The molecule has 0 spiro atoms. The lowest BCUT2D eigenvalue weighted by Gasteiger charge is -2.16. The number of benzene rings is 1. The van der Waals surface area contributed by atoms with Gasteiger partial charge < -0.3 is 9.64 Å². The zero-order valence-electron chi connectivity index (χ0n) is 11.2. The molecule has 0 bridgehead atoms. The Morgan fingerprint density at radius 2 is 2.16 bits per heavy atom. The molecular formula is C13H16N4O2. The molecule has 0 atom stereocenters. The maximum absolute atomic E-state index is 12.3. The van der Waals surface area contributed by atoms with Gasteiger partial charge >= 0.3 is 0 Å². The second kappa shape index (κ2) is 5.51. The van der Waals surface area contributed by atoms with Crippen molar-refractivity contribution in [2.24, 2.45) is 0 Å². The van der Waals surface area contributed by atoms with E-state index in [2.05, 4.69) is 15.2 Å². The second-order valence-electron chi connectivity index (χ2n) is 4.20. The van der Waals surface area contributed by atoms with Gasteiger partial charge in [0, 0.05) is 7.05 Å². The number of para-hydroxylation sites is 1. The molecule has 2 rings (SSSR count). The fraction of sp³-hybridized carbons (Fsp3) is 0.308. The normalized spacial score (nSPS) is 10.3. The summed E-state index contributed by atoms with van der Waals surface area (Å²) >= 11 is 0. The van der Waals surface area contributed by atoms with Crippen LogP contribution in [0.15, 0.2) is 24.3 Å². The van der Waals surface area contributed by atoms with E-state index in [4.69, 9.17) is 4.74 Å². The molecule has 1 N–H and O–H groups in total. The number of aromatic nitrogens is 3. The van der Waals surface area contributed by atoms with E-state index in [9.17, 15) is 4.79 Å². The van der Waals surface area contributed by atoms with Crippen molar-refractivity contribution in [1.29, 1.82) is 0 Å². The number of hydrogen-bond acceptors (Lipinski definition) is 4. The summed E-state index contributed by atoms with van der Waals surface area (Å²) in [5.74, 6) is 1.75. The van der Waals surface area contributed by atoms with E-state index in [1.165, 1.54) is 0 Å². The minimum absolute atomic E-state index is 0.125. The van der Waals surface area contributed by atoms with E-state index in [0.29, 0.717) is 23.7 Å². The molecule has 19 heavy (non-hydrogen) atoms.